The number of carboxylic acid groups (broad SMARTS) is 1. The summed E-state index contributed by atoms with van der Waals surface area (Å²) in [7, 11) is 0. The number of aliphatic carboxylic acids is 1. The molecule has 4 N–H and O–H groups in total. The van der Waals surface area contributed by atoms with Gasteiger partial charge in [-0.2, -0.15) is 0 Å². The van der Waals surface area contributed by atoms with Gasteiger partial charge in [0.25, 0.3) is 0 Å². The molecule has 3 atom stereocenters. The Kier molecular flexibility index (Phi) is 5.40. The minimum atomic E-state index is -0.896. The Hall–Kier alpha value is -1.10. The Morgan fingerprint density at radius 3 is 2.40 bits per heavy atom. The van der Waals surface area contributed by atoms with E-state index in [0.29, 0.717) is 6.54 Å². The summed E-state index contributed by atoms with van der Waals surface area (Å²) < 4.78 is 0. The SMILES string of the molecule is NCC1CCCC1C(=O)NC(C(=O)O)C1CCCCC1. The van der Waals surface area contributed by atoms with Crippen molar-refractivity contribution in [2.24, 2.45) is 23.5 Å². The maximum Gasteiger partial charge on any atom is 0.326 e. The van der Waals surface area contributed by atoms with Crippen LogP contribution in [-0.4, -0.2) is 29.6 Å². The number of amides is 1. The lowest BCUT2D eigenvalue weighted by Gasteiger charge is -2.29. The highest BCUT2D eigenvalue weighted by Crippen LogP contribution is 2.32. The summed E-state index contributed by atoms with van der Waals surface area (Å²) in [5.74, 6) is -0.785. The molecule has 2 saturated carbocycles. The highest BCUT2D eigenvalue weighted by Gasteiger charge is 2.36. The van der Waals surface area contributed by atoms with Crippen LogP contribution in [-0.2, 0) is 9.59 Å². The molecule has 0 aromatic rings. The minimum absolute atomic E-state index is 0.0860. The zero-order valence-corrected chi connectivity index (χ0v) is 12.0. The van der Waals surface area contributed by atoms with Crippen LogP contribution in [0.3, 0.4) is 0 Å². The molecule has 2 aliphatic rings. The fourth-order valence-electron chi connectivity index (χ4n) is 3.77. The normalized spacial score (nSPS) is 29.1. The first kappa shape index (κ1) is 15.3. The van der Waals surface area contributed by atoms with E-state index in [1.165, 1.54) is 6.42 Å². The van der Waals surface area contributed by atoms with Crippen molar-refractivity contribution in [1.82, 2.24) is 5.32 Å². The van der Waals surface area contributed by atoms with Crippen LogP contribution in [0.4, 0.5) is 0 Å². The van der Waals surface area contributed by atoms with Crippen molar-refractivity contribution in [2.45, 2.75) is 57.4 Å². The molecule has 2 aliphatic carbocycles. The van der Waals surface area contributed by atoms with Crippen LogP contribution in [0.1, 0.15) is 51.4 Å². The van der Waals surface area contributed by atoms with Gasteiger partial charge in [-0.1, -0.05) is 25.7 Å². The molecule has 2 fully saturated rings. The summed E-state index contributed by atoms with van der Waals surface area (Å²) in [6.45, 7) is 0.513. The van der Waals surface area contributed by atoms with Crippen molar-refractivity contribution in [2.75, 3.05) is 6.54 Å². The van der Waals surface area contributed by atoms with Crippen LogP contribution in [0.2, 0.25) is 0 Å². The van der Waals surface area contributed by atoms with Gasteiger partial charge in [0, 0.05) is 5.92 Å². The number of hydrogen-bond donors (Lipinski definition) is 3. The average molecular weight is 282 g/mol. The molecule has 20 heavy (non-hydrogen) atoms. The van der Waals surface area contributed by atoms with Gasteiger partial charge in [-0.25, -0.2) is 4.79 Å². The second-order valence-corrected chi connectivity index (χ2v) is 6.26. The third-order valence-electron chi connectivity index (χ3n) is 4.98. The lowest BCUT2D eigenvalue weighted by molar-refractivity contribution is -0.144. The molecule has 5 nitrogen and oxygen atoms in total. The summed E-state index contributed by atoms with van der Waals surface area (Å²) in [4.78, 5) is 23.8. The summed E-state index contributed by atoms with van der Waals surface area (Å²) in [5.41, 5.74) is 5.70. The van der Waals surface area contributed by atoms with Gasteiger partial charge in [-0.05, 0) is 44.1 Å². The van der Waals surface area contributed by atoms with Gasteiger partial charge in [0.15, 0.2) is 0 Å². The van der Waals surface area contributed by atoms with Crippen LogP contribution in [0, 0.1) is 17.8 Å². The maximum atomic E-state index is 12.3. The van der Waals surface area contributed by atoms with E-state index < -0.39 is 12.0 Å². The smallest absolute Gasteiger partial charge is 0.326 e. The maximum absolute atomic E-state index is 12.3. The second-order valence-electron chi connectivity index (χ2n) is 6.26. The average Bonchev–Trinajstić information content (AvgIpc) is 2.93. The van der Waals surface area contributed by atoms with Crippen molar-refractivity contribution in [3.63, 3.8) is 0 Å². The van der Waals surface area contributed by atoms with Gasteiger partial charge in [0.2, 0.25) is 5.91 Å². The van der Waals surface area contributed by atoms with Gasteiger partial charge in [0.1, 0.15) is 6.04 Å². The first-order chi connectivity index (χ1) is 9.63. The number of hydrogen-bond acceptors (Lipinski definition) is 3. The topological polar surface area (TPSA) is 92.4 Å². The van der Waals surface area contributed by atoms with Crippen LogP contribution in [0.15, 0.2) is 0 Å². The van der Waals surface area contributed by atoms with Gasteiger partial charge in [-0.3, -0.25) is 4.79 Å². The van der Waals surface area contributed by atoms with E-state index >= 15 is 0 Å². The molecule has 0 radical (unpaired) electrons. The standard InChI is InChI=1S/C15H26N2O3/c16-9-11-7-4-8-12(11)14(18)17-13(15(19)20)10-5-2-1-3-6-10/h10-13H,1-9,16H2,(H,17,18)(H,19,20). The molecule has 5 heteroatoms. The lowest BCUT2D eigenvalue weighted by atomic mass is 9.83. The number of nitrogens with two attached hydrogens (primary N) is 1. The largest absolute Gasteiger partial charge is 0.480 e. The Morgan fingerprint density at radius 2 is 1.80 bits per heavy atom. The molecule has 3 unspecified atom stereocenters. The van der Waals surface area contributed by atoms with Crippen molar-refractivity contribution < 1.29 is 14.7 Å². The number of nitrogens with one attached hydrogen (secondary N) is 1. The Bertz CT molecular complexity index is 353. The molecule has 0 aliphatic heterocycles. The number of carbonyl (C=O) groups excluding carboxylic acids is 1. The van der Waals surface area contributed by atoms with Gasteiger partial charge >= 0.3 is 5.97 Å². The van der Waals surface area contributed by atoms with Crippen molar-refractivity contribution in [3.8, 4) is 0 Å². The molecule has 0 aromatic heterocycles. The van der Waals surface area contributed by atoms with Crippen LogP contribution < -0.4 is 11.1 Å². The zero-order valence-electron chi connectivity index (χ0n) is 12.0. The molecule has 0 heterocycles. The number of rotatable bonds is 5. The molecule has 114 valence electrons. The zero-order chi connectivity index (χ0) is 14.5. The van der Waals surface area contributed by atoms with E-state index in [1.54, 1.807) is 0 Å². The molecule has 0 saturated heterocycles. The summed E-state index contributed by atoms with van der Waals surface area (Å²) in [6, 6.07) is -0.721. The van der Waals surface area contributed by atoms with E-state index in [4.69, 9.17) is 5.73 Å². The fraction of sp³-hybridized carbons (Fsp3) is 0.867. The van der Waals surface area contributed by atoms with Crippen LogP contribution in [0.5, 0.6) is 0 Å². The van der Waals surface area contributed by atoms with Gasteiger partial charge in [0.05, 0.1) is 0 Å². The van der Waals surface area contributed by atoms with E-state index in [2.05, 4.69) is 5.32 Å². The fourth-order valence-corrected chi connectivity index (χ4v) is 3.77. The predicted octanol–water partition coefficient (Wildman–Crippen LogP) is 1.51. The van der Waals surface area contributed by atoms with Crippen molar-refractivity contribution in [1.29, 1.82) is 0 Å². The minimum Gasteiger partial charge on any atom is -0.480 e. The van der Waals surface area contributed by atoms with E-state index in [1.807, 2.05) is 0 Å². The van der Waals surface area contributed by atoms with Crippen LogP contribution in [0.25, 0.3) is 0 Å². The number of carboxylic acids is 1. The highest BCUT2D eigenvalue weighted by molar-refractivity contribution is 5.85. The molecule has 1 amide bonds. The molecule has 0 bridgehead atoms. The Balaban J connectivity index is 1.96. The lowest BCUT2D eigenvalue weighted by Crippen LogP contribution is -2.49. The monoisotopic (exact) mass is 282 g/mol. The van der Waals surface area contributed by atoms with Crippen molar-refractivity contribution >= 4 is 11.9 Å². The molecular formula is C15H26N2O3. The first-order valence-electron chi connectivity index (χ1n) is 7.86. The highest BCUT2D eigenvalue weighted by atomic mass is 16.4. The molecule has 0 spiro atoms. The van der Waals surface area contributed by atoms with E-state index in [0.717, 1.165) is 44.9 Å². The molecule has 0 aromatic carbocycles. The number of carbonyl (C=O) groups is 2. The molecule has 2 rings (SSSR count). The summed E-state index contributed by atoms with van der Waals surface area (Å²) in [6.07, 6.45) is 7.96. The second kappa shape index (κ2) is 7.07. The van der Waals surface area contributed by atoms with Crippen molar-refractivity contribution in [3.05, 3.63) is 0 Å². The molecular weight excluding hydrogens is 256 g/mol. The first-order valence-corrected chi connectivity index (χ1v) is 7.86. The predicted molar refractivity (Wildman–Crippen MR) is 76.0 cm³/mol. The van der Waals surface area contributed by atoms with E-state index in [9.17, 15) is 14.7 Å². The van der Waals surface area contributed by atoms with Gasteiger partial charge in [-0.15, -0.1) is 0 Å². The Labute approximate surface area is 120 Å². The third-order valence-corrected chi connectivity index (χ3v) is 4.98. The third kappa shape index (κ3) is 3.51. The van der Waals surface area contributed by atoms with Gasteiger partial charge < -0.3 is 16.2 Å². The quantitative estimate of drug-likeness (QED) is 0.712. The summed E-state index contributed by atoms with van der Waals surface area (Å²) >= 11 is 0. The van der Waals surface area contributed by atoms with Crippen LogP contribution >= 0.6 is 0 Å². The summed E-state index contributed by atoms with van der Waals surface area (Å²) in [5, 5.41) is 12.2. The van der Waals surface area contributed by atoms with E-state index in [-0.39, 0.29) is 23.7 Å². The Morgan fingerprint density at radius 1 is 1.10 bits per heavy atom.